The molecule has 1 aliphatic carbocycles. The van der Waals surface area contributed by atoms with Crippen molar-refractivity contribution in [3.8, 4) is 0 Å². The molecular weight excluding hydrogens is 200 g/mol. The molecule has 3 nitrogen and oxygen atoms in total. The monoisotopic (exact) mass is 228 g/mol. The first-order chi connectivity index (χ1) is 7.65. The van der Waals surface area contributed by atoms with E-state index in [2.05, 4.69) is 31.1 Å². The second-order valence-electron chi connectivity index (χ2n) is 5.31. The van der Waals surface area contributed by atoms with E-state index in [4.69, 9.17) is 4.74 Å². The van der Waals surface area contributed by atoms with Gasteiger partial charge in [-0.05, 0) is 45.2 Å². The molecule has 1 rings (SSSR count). The first-order valence-corrected chi connectivity index (χ1v) is 6.55. The molecule has 0 aromatic rings. The number of nitrogens with zero attached hydrogens (tertiary/aromatic N) is 1. The van der Waals surface area contributed by atoms with E-state index in [-0.39, 0.29) is 0 Å². The normalized spacial score (nSPS) is 26.1. The highest BCUT2D eigenvalue weighted by molar-refractivity contribution is 4.85. The zero-order valence-electron chi connectivity index (χ0n) is 11.3. The highest BCUT2D eigenvalue weighted by Crippen LogP contribution is 2.38. The molecule has 0 radical (unpaired) electrons. The zero-order valence-corrected chi connectivity index (χ0v) is 11.3. The van der Waals surface area contributed by atoms with Crippen molar-refractivity contribution >= 4 is 0 Å². The fourth-order valence-corrected chi connectivity index (χ4v) is 2.01. The lowest BCUT2D eigenvalue weighted by Gasteiger charge is -2.25. The lowest BCUT2D eigenvalue weighted by atomic mass is 10.2. The third kappa shape index (κ3) is 5.28. The summed E-state index contributed by atoms with van der Waals surface area (Å²) in [5, 5.41) is 3.48. The summed E-state index contributed by atoms with van der Waals surface area (Å²) in [5.41, 5.74) is 0. The number of ether oxygens (including phenoxy) is 1. The maximum Gasteiger partial charge on any atom is 0.0474 e. The third-order valence-electron chi connectivity index (χ3n) is 3.69. The highest BCUT2D eigenvalue weighted by Gasteiger charge is 2.33. The maximum atomic E-state index is 5.02. The van der Waals surface area contributed by atoms with Crippen LogP contribution in [-0.2, 0) is 4.74 Å². The van der Waals surface area contributed by atoms with Gasteiger partial charge in [0.1, 0.15) is 0 Å². The van der Waals surface area contributed by atoms with Gasteiger partial charge in [0.25, 0.3) is 0 Å². The number of hydrogen-bond acceptors (Lipinski definition) is 3. The standard InChI is InChI=1S/C13H28N2O/c1-11-8-13(11)10-15(3)12(2)9-14-6-5-7-16-4/h11-14H,5-10H2,1-4H3. The maximum absolute atomic E-state index is 5.02. The van der Waals surface area contributed by atoms with Crippen LogP contribution in [0.4, 0.5) is 0 Å². The van der Waals surface area contributed by atoms with Crippen LogP contribution in [0.15, 0.2) is 0 Å². The van der Waals surface area contributed by atoms with E-state index >= 15 is 0 Å². The minimum Gasteiger partial charge on any atom is -0.385 e. The van der Waals surface area contributed by atoms with Crippen LogP contribution in [-0.4, -0.2) is 51.3 Å². The number of hydrogen-bond donors (Lipinski definition) is 1. The predicted octanol–water partition coefficient (Wildman–Crippen LogP) is 1.59. The SMILES string of the molecule is COCCCNCC(C)N(C)CC1CC1C. The summed E-state index contributed by atoms with van der Waals surface area (Å²) in [6.45, 7) is 8.93. The molecule has 96 valence electrons. The van der Waals surface area contributed by atoms with E-state index in [9.17, 15) is 0 Å². The first-order valence-electron chi connectivity index (χ1n) is 6.55. The van der Waals surface area contributed by atoms with Crippen LogP contribution < -0.4 is 5.32 Å². The topological polar surface area (TPSA) is 24.5 Å². The van der Waals surface area contributed by atoms with Gasteiger partial charge in [-0.3, -0.25) is 0 Å². The van der Waals surface area contributed by atoms with Gasteiger partial charge in [0, 0.05) is 32.8 Å². The van der Waals surface area contributed by atoms with E-state index in [0.29, 0.717) is 6.04 Å². The molecule has 0 heterocycles. The average molecular weight is 228 g/mol. The van der Waals surface area contributed by atoms with Gasteiger partial charge in [0.15, 0.2) is 0 Å². The van der Waals surface area contributed by atoms with Crippen molar-refractivity contribution in [3.05, 3.63) is 0 Å². The Balaban J connectivity index is 1.98. The van der Waals surface area contributed by atoms with E-state index in [1.54, 1.807) is 7.11 Å². The highest BCUT2D eigenvalue weighted by atomic mass is 16.5. The molecule has 0 spiro atoms. The minimum absolute atomic E-state index is 0.635. The number of likely N-dealkylation sites (N-methyl/N-ethyl adjacent to an activating group) is 1. The van der Waals surface area contributed by atoms with Crippen LogP contribution in [0.1, 0.15) is 26.7 Å². The summed E-state index contributed by atoms with van der Waals surface area (Å²) in [7, 11) is 4.00. The van der Waals surface area contributed by atoms with Gasteiger partial charge in [0.05, 0.1) is 0 Å². The van der Waals surface area contributed by atoms with Crippen LogP contribution in [0.25, 0.3) is 0 Å². The molecule has 1 aliphatic rings. The number of nitrogens with one attached hydrogen (secondary N) is 1. The third-order valence-corrected chi connectivity index (χ3v) is 3.69. The molecule has 1 fully saturated rings. The molecule has 0 aliphatic heterocycles. The van der Waals surface area contributed by atoms with Crippen LogP contribution in [0.3, 0.4) is 0 Å². The second kappa shape index (κ2) is 7.25. The van der Waals surface area contributed by atoms with Gasteiger partial charge in [0.2, 0.25) is 0 Å². The van der Waals surface area contributed by atoms with Crippen molar-refractivity contribution in [2.24, 2.45) is 11.8 Å². The first kappa shape index (κ1) is 13.9. The Morgan fingerprint density at radius 3 is 2.75 bits per heavy atom. The van der Waals surface area contributed by atoms with Crippen LogP contribution in [0.2, 0.25) is 0 Å². The van der Waals surface area contributed by atoms with E-state index in [1.807, 2.05) is 0 Å². The number of rotatable bonds is 9. The van der Waals surface area contributed by atoms with Crippen molar-refractivity contribution in [1.29, 1.82) is 0 Å². The quantitative estimate of drug-likeness (QED) is 0.607. The molecule has 0 aromatic carbocycles. The Morgan fingerprint density at radius 2 is 2.19 bits per heavy atom. The molecule has 1 N–H and O–H groups in total. The van der Waals surface area contributed by atoms with Crippen molar-refractivity contribution in [2.45, 2.75) is 32.7 Å². The van der Waals surface area contributed by atoms with E-state index in [0.717, 1.165) is 38.0 Å². The second-order valence-corrected chi connectivity index (χ2v) is 5.31. The van der Waals surface area contributed by atoms with Gasteiger partial charge in [-0.2, -0.15) is 0 Å². The van der Waals surface area contributed by atoms with Crippen molar-refractivity contribution in [3.63, 3.8) is 0 Å². The molecule has 0 bridgehead atoms. The average Bonchev–Trinajstić information content (AvgIpc) is 2.93. The number of methoxy groups -OCH3 is 1. The van der Waals surface area contributed by atoms with Crippen molar-refractivity contribution in [1.82, 2.24) is 10.2 Å². The zero-order chi connectivity index (χ0) is 12.0. The molecule has 0 amide bonds. The van der Waals surface area contributed by atoms with E-state index in [1.165, 1.54) is 13.0 Å². The van der Waals surface area contributed by atoms with Gasteiger partial charge in [-0.15, -0.1) is 0 Å². The van der Waals surface area contributed by atoms with Gasteiger partial charge >= 0.3 is 0 Å². The Labute approximate surface area is 101 Å². The summed E-state index contributed by atoms with van der Waals surface area (Å²) in [4.78, 5) is 2.48. The molecule has 0 aromatic heterocycles. The lowest BCUT2D eigenvalue weighted by Crippen LogP contribution is -2.39. The van der Waals surface area contributed by atoms with Gasteiger partial charge in [-0.25, -0.2) is 0 Å². The van der Waals surface area contributed by atoms with Crippen molar-refractivity contribution < 1.29 is 4.74 Å². The van der Waals surface area contributed by atoms with Gasteiger partial charge in [-0.1, -0.05) is 6.92 Å². The molecule has 3 unspecified atom stereocenters. The molecule has 0 saturated heterocycles. The largest absolute Gasteiger partial charge is 0.385 e. The summed E-state index contributed by atoms with van der Waals surface area (Å²) in [6, 6.07) is 0.635. The van der Waals surface area contributed by atoms with Crippen LogP contribution in [0, 0.1) is 11.8 Å². The Hall–Kier alpha value is -0.120. The molecule has 3 heteroatoms. The summed E-state index contributed by atoms with van der Waals surface area (Å²) in [6.07, 6.45) is 2.53. The molecule has 16 heavy (non-hydrogen) atoms. The fraction of sp³-hybridized carbons (Fsp3) is 1.00. The van der Waals surface area contributed by atoms with Crippen LogP contribution in [0.5, 0.6) is 0 Å². The van der Waals surface area contributed by atoms with Gasteiger partial charge < -0.3 is 15.0 Å². The smallest absolute Gasteiger partial charge is 0.0474 e. The van der Waals surface area contributed by atoms with Crippen LogP contribution >= 0.6 is 0 Å². The summed E-state index contributed by atoms with van der Waals surface area (Å²) in [5.74, 6) is 1.92. The minimum atomic E-state index is 0.635. The molecule has 3 atom stereocenters. The Bertz CT molecular complexity index is 187. The predicted molar refractivity (Wildman–Crippen MR) is 68.7 cm³/mol. The Kier molecular flexibility index (Phi) is 6.32. The van der Waals surface area contributed by atoms with E-state index < -0.39 is 0 Å². The Morgan fingerprint density at radius 1 is 1.50 bits per heavy atom. The molecule has 1 saturated carbocycles. The summed E-state index contributed by atoms with van der Waals surface area (Å²) < 4.78 is 5.02. The van der Waals surface area contributed by atoms with Crippen molar-refractivity contribution in [2.75, 3.05) is 40.4 Å². The molecular formula is C13H28N2O. The lowest BCUT2D eigenvalue weighted by molar-refractivity contribution is 0.191. The fourth-order valence-electron chi connectivity index (χ4n) is 2.01. The summed E-state index contributed by atoms with van der Waals surface area (Å²) >= 11 is 0.